The number of halogens is 3. The number of allylic oxidation sites excluding steroid dienone is 1. The molecule has 1 heterocycles. The van der Waals surface area contributed by atoms with E-state index in [1.807, 2.05) is 72.8 Å². The topological polar surface area (TPSA) is 52.6 Å². The first-order chi connectivity index (χ1) is 14.7. The molecule has 0 bridgehead atoms. The second-order valence-corrected chi connectivity index (χ2v) is 8.83. The van der Waals surface area contributed by atoms with E-state index in [4.69, 9.17) is 4.74 Å². The first kappa shape index (κ1) is 21.4. The molecule has 0 N–H and O–H groups in total. The Hall–Kier alpha value is -2.84. The first-order valence-corrected chi connectivity index (χ1v) is 11.0. The van der Waals surface area contributed by atoms with Gasteiger partial charge in [0.05, 0.1) is 6.10 Å². The first-order valence-electron chi connectivity index (χ1n) is 9.55. The molecular weight excluding hydrogens is 429 g/mol. The van der Waals surface area contributed by atoms with Gasteiger partial charge in [-0.3, -0.25) is 0 Å². The molecule has 31 heavy (non-hydrogen) atoms. The van der Waals surface area contributed by atoms with E-state index in [1.54, 1.807) is 0 Å². The lowest BCUT2D eigenvalue weighted by Gasteiger charge is -2.17. The van der Waals surface area contributed by atoms with Crippen LogP contribution in [0.1, 0.15) is 36.7 Å². The maximum Gasteiger partial charge on any atom is 0.534 e. The van der Waals surface area contributed by atoms with Crippen LogP contribution in [-0.4, -0.2) is 13.9 Å². The van der Waals surface area contributed by atoms with Crippen molar-refractivity contribution in [2.24, 2.45) is 0 Å². The summed E-state index contributed by atoms with van der Waals surface area (Å²) in [6, 6.07) is 22.5. The molecule has 0 radical (unpaired) electrons. The van der Waals surface area contributed by atoms with Crippen LogP contribution in [0.5, 0.6) is 0 Å². The lowest BCUT2D eigenvalue weighted by molar-refractivity contribution is -0.0522. The highest BCUT2D eigenvalue weighted by Crippen LogP contribution is 2.47. The quantitative estimate of drug-likeness (QED) is 0.272. The lowest BCUT2D eigenvalue weighted by Crippen LogP contribution is -2.25. The molecule has 0 amide bonds. The van der Waals surface area contributed by atoms with Crippen LogP contribution in [0, 0.1) is 0 Å². The number of hydrogen-bond donors (Lipinski definition) is 0. The molecule has 4 nitrogen and oxygen atoms in total. The van der Waals surface area contributed by atoms with Crippen LogP contribution in [0.4, 0.5) is 13.2 Å². The molecule has 4 rings (SSSR count). The third-order valence-corrected chi connectivity index (χ3v) is 6.28. The van der Waals surface area contributed by atoms with Gasteiger partial charge in [-0.2, -0.15) is 21.6 Å². The van der Waals surface area contributed by atoms with E-state index in [9.17, 15) is 21.6 Å². The van der Waals surface area contributed by atoms with Crippen molar-refractivity contribution in [3.05, 3.63) is 95.3 Å². The third-order valence-electron chi connectivity index (χ3n) is 5.24. The van der Waals surface area contributed by atoms with E-state index in [-0.39, 0.29) is 12.2 Å². The summed E-state index contributed by atoms with van der Waals surface area (Å²) in [7, 11) is -5.77. The van der Waals surface area contributed by atoms with Crippen LogP contribution in [-0.2, 0) is 19.0 Å². The zero-order chi connectivity index (χ0) is 22.2. The van der Waals surface area contributed by atoms with E-state index >= 15 is 0 Å². The van der Waals surface area contributed by atoms with E-state index < -0.39 is 27.8 Å². The van der Waals surface area contributed by atoms with Crippen molar-refractivity contribution < 1.29 is 30.5 Å². The molecule has 0 unspecified atom stereocenters. The van der Waals surface area contributed by atoms with Crippen molar-refractivity contribution in [2.45, 2.75) is 31.1 Å². The summed E-state index contributed by atoms with van der Waals surface area (Å²) >= 11 is 0. The number of rotatable bonds is 4. The number of benzene rings is 3. The maximum atomic E-state index is 12.9. The average Bonchev–Trinajstić information content (AvgIpc) is 3.19. The fraction of sp³-hybridized carbons (Fsp3) is 0.217. The molecule has 0 aliphatic carbocycles. The van der Waals surface area contributed by atoms with Gasteiger partial charge >= 0.3 is 15.6 Å². The minimum Gasteiger partial charge on any atom is -0.381 e. The van der Waals surface area contributed by atoms with E-state index in [0.717, 1.165) is 16.3 Å². The number of alkyl halides is 3. The van der Waals surface area contributed by atoms with E-state index in [1.165, 1.54) is 6.92 Å². The molecular formula is C23H19F3O4S. The summed E-state index contributed by atoms with van der Waals surface area (Å²) < 4.78 is 72.3. The Bertz CT molecular complexity index is 1230. The van der Waals surface area contributed by atoms with Crippen LogP contribution in [0.3, 0.4) is 0 Å². The zero-order valence-electron chi connectivity index (χ0n) is 16.5. The van der Waals surface area contributed by atoms with Crippen LogP contribution in [0.25, 0.3) is 10.8 Å². The van der Waals surface area contributed by atoms with Crippen LogP contribution < -0.4 is 0 Å². The van der Waals surface area contributed by atoms with E-state index in [2.05, 4.69) is 4.18 Å². The minimum atomic E-state index is -5.77. The van der Waals surface area contributed by atoms with Gasteiger partial charge in [0.25, 0.3) is 0 Å². The molecule has 0 spiro atoms. The minimum absolute atomic E-state index is 0.209. The molecule has 1 aliphatic heterocycles. The van der Waals surface area contributed by atoms with Gasteiger partial charge in [-0.25, -0.2) is 0 Å². The monoisotopic (exact) mass is 448 g/mol. The number of hydrogen-bond acceptors (Lipinski definition) is 4. The Kier molecular flexibility index (Phi) is 5.53. The molecule has 1 aliphatic rings. The van der Waals surface area contributed by atoms with Gasteiger partial charge in [0, 0.05) is 12.0 Å². The van der Waals surface area contributed by atoms with Crippen molar-refractivity contribution in [1.82, 2.24) is 0 Å². The highest BCUT2D eigenvalue weighted by Gasteiger charge is 2.49. The van der Waals surface area contributed by atoms with Crippen molar-refractivity contribution in [2.75, 3.05) is 0 Å². The predicted molar refractivity (Wildman–Crippen MR) is 110 cm³/mol. The number of ether oxygens (including phenoxy) is 1. The Balaban J connectivity index is 1.77. The summed E-state index contributed by atoms with van der Waals surface area (Å²) in [5.41, 5.74) is -3.60. The number of fused-ring (bicyclic) bond motifs is 1. The second kappa shape index (κ2) is 8.01. The van der Waals surface area contributed by atoms with Gasteiger partial charge in [0.15, 0.2) is 0 Å². The predicted octanol–water partition coefficient (Wildman–Crippen LogP) is 6.18. The standard InChI is InChI=1S/C23H19F3O4S/c1-15(30-31(27,28)23(24,25)26)20-14-21(17-8-3-2-4-9-17)29-22(20)19-12-11-16-7-5-6-10-18(16)13-19/h2-13,21-22H,14H2,1H3/t21-,22-/m0/s1. The van der Waals surface area contributed by atoms with Gasteiger partial charge in [0.1, 0.15) is 11.9 Å². The molecule has 1 saturated heterocycles. The summed E-state index contributed by atoms with van der Waals surface area (Å²) in [4.78, 5) is 0. The molecule has 0 saturated carbocycles. The average molecular weight is 448 g/mol. The summed E-state index contributed by atoms with van der Waals surface area (Å²) in [5, 5.41) is 1.94. The highest BCUT2D eigenvalue weighted by molar-refractivity contribution is 7.87. The zero-order valence-corrected chi connectivity index (χ0v) is 17.3. The molecule has 1 fully saturated rings. The van der Waals surface area contributed by atoms with Crippen molar-refractivity contribution in [1.29, 1.82) is 0 Å². The SMILES string of the molecule is CC(OS(=O)(=O)C(F)(F)F)=C1C[C@@H](c2ccccc2)O[C@H]1c1ccc2ccccc2c1. The third kappa shape index (κ3) is 4.31. The van der Waals surface area contributed by atoms with Crippen molar-refractivity contribution >= 4 is 20.9 Å². The second-order valence-electron chi connectivity index (χ2n) is 7.29. The Morgan fingerprint density at radius 1 is 0.935 bits per heavy atom. The van der Waals surface area contributed by atoms with Crippen molar-refractivity contribution in [3.63, 3.8) is 0 Å². The Morgan fingerprint density at radius 2 is 1.58 bits per heavy atom. The lowest BCUT2D eigenvalue weighted by atomic mass is 9.96. The summed E-state index contributed by atoms with van der Waals surface area (Å²) in [6.07, 6.45) is -0.973. The van der Waals surface area contributed by atoms with Crippen molar-refractivity contribution in [3.8, 4) is 0 Å². The van der Waals surface area contributed by atoms with Crippen LogP contribution in [0.15, 0.2) is 84.1 Å². The Morgan fingerprint density at radius 3 is 2.26 bits per heavy atom. The van der Waals surface area contributed by atoms with Crippen LogP contribution in [0.2, 0.25) is 0 Å². The fourth-order valence-electron chi connectivity index (χ4n) is 3.71. The highest BCUT2D eigenvalue weighted by atomic mass is 32.2. The van der Waals surface area contributed by atoms with Gasteiger partial charge in [0.2, 0.25) is 0 Å². The fourth-order valence-corrected chi connectivity index (χ4v) is 4.24. The molecule has 3 aromatic carbocycles. The van der Waals surface area contributed by atoms with Gasteiger partial charge in [-0.1, -0.05) is 66.7 Å². The van der Waals surface area contributed by atoms with Crippen LogP contribution >= 0.6 is 0 Å². The normalized spacial score (nSPS) is 21.3. The molecule has 2 atom stereocenters. The largest absolute Gasteiger partial charge is 0.534 e. The molecule has 0 aromatic heterocycles. The van der Waals surface area contributed by atoms with Gasteiger partial charge in [-0.15, -0.1) is 0 Å². The van der Waals surface area contributed by atoms with E-state index in [0.29, 0.717) is 11.1 Å². The van der Waals surface area contributed by atoms with Gasteiger partial charge in [-0.05, 0) is 34.9 Å². The Labute approximate surface area is 178 Å². The van der Waals surface area contributed by atoms with Gasteiger partial charge < -0.3 is 8.92 Å². The summed E-state index contributed by atoms with van der Waals surface area (Å²) in [5.74, 6) is -0.325. The molecule has 3 aromatic rings. The smallest absolute Gasteiger partial charge is 0.381 e. The summed E-state index contributed by atoms with van der Waals surface area (Å²) in [6.45, 7) is 1.23. The molecule has 162 valence electrons. The maximum absolute atomic E-state index is 12.9. The molecule has 8 heteroatoms.